The molecule has 146 valence electrons. The minimum Gasteiger partial charge on any atom is -0.367 e. The molecule has 1 aliphatic heterocycles. The van der Waals surface area contributed by atoms with Crippen LogP contribution in [0, 0.1) is 5.82 Å². The maximum absolute atomic E-state index is 13.6. The predicted molar refractivity (Wildman–Crippen MR) is 107 cm³/mol. The molecule has 2 heterocycles. The Morgan fingerprint density at radius 2 is 1.82 bits per heavy atom. The number of halogens is 1. The quantitative estimate of drug-likeness (QED) is 0.712. The molecule has 0 bridgehead atoms. The van der Waals surface area contributed by atoms with E-state index in [0.29, 0.717) is 42.7 Å². The van der Waals surface area contributed by atoms with Gasteiger partial charge in [-0.3, -0.25) is 0 Å². The van der Waals surface area contributed by atoms with Gasteiger partial charge in [0.2, 0.25) is 10.0 Å². The number of piperidine rings is 1. The minimum absolute atomic E-state index is 0.0156. The number of benzene rings is 2. The molecule has 0 radical (unpaired) electrons. The number of nitrogens with one attached hydrogen (secondary N) is 1. The van der Waals surface area contributed by atoms with Crippen molar-refractivity contribution in [3.8, 4) is 0 Å². The van der Waals surface area contributed by atoms with Crippen LogP contribution in [0.5, 0.6) is 0 Å². The number of aromatic nitrogens is 2. The fourth-order valence-electron chi connectivity index (χ4n) is 3.49. The molecule has 8 heteroatoms. The SMILES string of the molecule is O=S(=O)(Cc1ccccc1)N1CCC(Nc2ncnc3ccc(F)cc23)CC1. The van der Waals surface area contributed by atoms with Gasteiger partial charge in [-0.1, -0.05) is 30.3 Å². The molecule has 3 aromatic rings. The third-order valence-electron chi connectivity index (χ3n) is 4.98. The molecule has 0 spiro atoms. The van der Waals surface area contributed by atoms with E-state index in [9.17, 15) is 12.8 Å². The lowest BCUT2D eigenvalue weighted by Crippen LogP contribution is -2.42. The average Bonchev–Trinajstić information content (AvgIpc) is 2.69. The van der Waals surface area contributed by atoms with Crippen molar-refractivity contribution < 1.29 is 12.8 Å². The molecule has 0 unspecified atom stereocenters. The van der Waals surface area contributed by atoms with E-state index in [1.807, 2.05) is 30.3 Å². The number of hydrogen-bond acceptors (Lipinski definition) is 5. The standard InChI is InChI=1S/C20H21FN4O2S/c21-16-6-7-19-18(12-16)20(23-14-22-19)24-17-8-10-25(11-9-17)28(26,27)13-15-4-2-1-3-5-15/h1-7,12,14,17H,8-11,13H2,(H,22,23,24). The lowest BCUT2D eigenvalue weighted by atomic mass is 10.1. The number of fused-ring (bicyclic) bond motifs is 1. The Balaban J connectivity index is 1.41. The molecular formula is C20H21FN4O2S. The summed E-state index contributed by atoms with van der Waals surface area (Å²) < 4.78 is 40.5. The predicted octanol–water partition coefficient (Wildman–Crippen LogP) is 3.18. The van der Waals surface area contributed by atoms with Gasteiger partial charge in [0.25, 0.3) is 0 Å². The molecule has 2 aromatic carbocycles. The van der Waals surface area contributed by atoms with Crippen LogP contribution < -0.4 is 5.32 Å². The van der Waals surface area contributed by atoms with E-state index in [4.69, 9.17) is 0 Å². The van der Waals surface area contributed by atoms with Gasteiger partial charge in [-0.05, 0) is 36.6 Å². The molecule has 4 rings (SSSR count). The van der Waals surface area contributed by atoms with Gasteiger partial charge in [-0.25, -0.2) is 27.1 Å². The van der Waals surface area contributed by atoms with Crippen LogP contribution in [0.2, 0.25) is 0 Å². The van der Waals surface area contributed by atoms with Gasteiger partial charge in [0, 0.05) is 24.5 Å². The molecule has 0 aliphatic carbocycles. The summed E-state index contributed by atoms with van der Waals surface area (Å²) in [6.45, 7) is 0.897. The molecule has 28 heavy (non-hydrogen) atoms. The second-order valence-corrected chi connectivity index (χ2v) is 8.91. The van der Waals surface area contributed by atoms with Gasteiger partial charge in [-0.2, -0.15) is 0 Å². The molecule has 1 fully saturated rings. The molecule has 1 aliphatic rings. The van der Waals surface area contributed by atoms with Crippen LogP contribution in [-0.2, 0) is 15.8 Å². The van der Waals surface area contributed by atoms with Gasteiger partial charge >= 0.3 is 0 Å². The van der Waals surface area contributed by atoms with E-state index in [1.165, 1.54) is 18.5 Å². The Labute approximate surface area is 163 Å². The highest BCUT2D eigenvalue weighted by Crippen LogP contribution is 2.24. The summed E-state index contributed by atoms with van der Waals surface area (Å²) in [5.41, 5.74) is 1.46. The fraction of sp³-hybridized carbons (Fsp3) is 0.300. The van der Waals surface area contributed by atoms with E-state index >= 15 is 0 Å². The third-order valence-corrected chi connectivity index (χ3v) is 6.83. The Morgan fingerprint density at radius 3 is 2.57 bits per heavy atom. The molecule has 0 amide bonds. The number of hydrogen-bond donors (Lipinski definition) is 1. The third kappa shape index (κ3) is 4.13. The van der Waals surface area contributed by atoms with Crippen molar-refractivity contribution in [1.29, 1.82) is 0 Å². The van der Waals surface area contributed by atoms with E-state index in [1.54, 1.807) is 10.4 Å². The Morgan fingerprint density at radius 1 is 1.07 bits per heavy atom. The molecular weight excluding hydrogens is 379 g/mol. The largest absolute Gasteiger partial charge is 0.367 e. The van der Waals surface area contributed by atoms with Crippen molar-refractivity contribution in [3.63, 3.8) is 0 Å². The highest BCUT2D eigenvalue weighted by Gasteiger charge is 2.28. The zero-order valence-electron chi connectivity index (χ0n) is 15.3. The van der Waals surface area contributed by atoms with Crippen molar-refractivity contribution in [3.05, 3.63) is 66.2 Å². The van der Waals surface area contributed by atoms with Crippen LogP contribution in [0.1, 0.15) is 18.4 Å². The molecule has 0 atom stereocenters. The van der Waals surface area contributed by atoms with E-state index in [0.717, 1.165) is 5.56 Å². The summed E-state index contributed by atoms with van der Waals surface area (Å²) in [5, 5.41) is 3.96. The van der Waals surface area contributed by atoms with Crippen molar-refractivity contribution >= 4 is 26.7 Å². The summed E-state index contributed by atoms with van der Waals surface area (Å²) in [6.07, 6.45) is 2.77. The maximum Gasteiger partial charge on any atom is 0.218 e. The van der Waals surface area contributed by atoms with Gasteiger partial charge in [0.1, 0.15) is 18.0 Å². The summed E-state index contributed by atoms with van der Waals surface area (Å²) in [6, 6.07) is 13.7. The second-order valence-electron chi connectivity index (χ2n) is 6.94. The molecule has 6 nitrogen and oxygen atoms in total. The normalized spacial score (nSPS) is 16.3. The molecule has 1 aromatic heterocycles. The number of nitrogens with zero attached hydrogens (tertiary/aromatic N) is 3. The van der Waals surface area contributed by atoms with Crippen LogP contribution in [0.4, 0.5) is 10.2 Å². The Bertz CT molecular complexity index is 1070. The van der Waals surface area contributed by atoms with Crippen molar-refractivity contribution in [2.24, 2.45) is 0 Å². The van der Waals surface area contributed by atoms with Crippen molar-refractivity contribution in [2.75, 3.05) is 18.4 Å². The number of sulfonamides is 1. The lowest BCUT2D eigenvalue weighted by molar-refractivity contribution is 0.329. The van der Waals surface area contributed by atoms with Crippen LogP contribution >= 0.6 is 0 Å². The average molecular weight is 400 g/mol. The van der Waals surface area contributed by atoms with E-state index in [2.05, 4.69) is 15.3 Å². The Kier molecular flexibility index (Phi) is 5.23. The number of anilines is 1. The van der Waals surface area contributed by atoms with Crippen LogP contribution in [0.15, 0.2) is 54.9 Å². The van der Waals surface area contributed by atoms with Gasteiger partial charge in [-0.15, -0.1) is 0 Å². The zero-order chi connectivity index (χ0) is 19.6. The van der Waals surface area contributed by atoms with Crippen molar-refractivity contribution in [1.82, 2.24) is 14.3 Å². The van der Waals surface area contributed by atoms with Crippen LogP contribution in [0.25, 0.3) is 10.9 Å². The summed E-state index contributed by atoms with van der Waals surface area (Å²) in [5.74, 6) is 0.254. The first-order valence-electron chi connectivity index (χ1n) is 9.20. The maximum atomic E-state index is 13.6. The fourth-order valence-corrected chi connectivity index (χ4v) is 5.06. The van der Waals surface area contributed by atoms with Crippen LogP contribution in [0.3, 0.4) is 0 Å². The molecule has 0 saturated carbocycles. The highest BCUT2D eigenvalue weighted by molar-refractivity contribution is 7.88. The molecule has 1 N–H and O–H groups in total. The smallest absolute Gasteiger partial charge is 0.218 e. The monoisotopic (exact) mass is 400 g/mol. The van der Waals surface area contributed by atoms with Gasteiger partial charge < -0.3 is 5.32 Å². The first kappa shape index (κ1) is 18.8. The topological polar surface area (TPSA) is 75.2 Å². The zero-order valence-corrected chi connectivity index (χ0v) is 16.1. The van der Waals surface area contributed by atoms with Gasteiger partial charge in [0.05, 0.1) is 11.3 Å². The molecule has 1 saturated heterocycles. The van der Waals surface area contributed by atoms with Crippen molar-refractivity contribution in [2.45, 2.75) is 24.6 Å². The summed E-state index contributed by atoms with van der Waals surface area (Å²) in [7, 11) is -3.34. The number of rotatable bonds is 5. The first-order chi connectivity index (χ1) is 13.5. The Hall–Kier alpha value is -2.58. The summed E-state index contributed by atoms with van der Waals surface area (Å²) >= 11 is 0. The lowest BCUT2D eigenvalue weighted by Gasteiger charge is -2.32. The van der Waals surface area contributed by atoms with Gasteiger partial charge in [0.15, 0.2) is 0 Å². The van der Waals surface area contributed by atoms with E-state index in [-0.39, 0.29) is 17.6 Å². The highest BCUT2D eigenvalue weighted by atomic mass is 32.2. The second kappa shape index (κ2) is 7.81. The van der Waals surface area contributed by atoms with Crippen LogP contribution in [-0.4, -0.2) is 41.8 Å². The summed E-state index contributed by atoms with van der Waals surface area (Å²) in [4.78, 5) is 8.40. The van der Waals surface area contributed by atoms with E-state index < -0.39 is 10.0 Å². The first-order valence-corrected chi connectivity index (χ1v) is 10.8. The minimum atomic E-state index is -3.34.